The summed E-state index contributed by atoms with van der Waals surface area (Å²) < 4.78 is 6.65. The molecule has 6 heteroatoms. The number of hydrogen-bond acceptors (Lipinski definition) is 4. The van der Waals surface area contributed by atoms with Gasteiger partial charge in [-0.3, -0.25) is 9.48 Å². The highest BCUT2D eigenvalue weighted by atomic mass is 16.5. The fraction of sp³-hybridized carbons (Fsp3) is 0.600. The van der Waals surface area contributed by atoms with Crippen LogP contribution in [0.2, 0.25) is 0 Å². The SMILES string of the molecule is CCNC(CCn1cc(OC)cn1)C(=O)O. The lowest BCUT2D eigenvalue weighted by atomic mass is 10.2. The van der Waals surface area contributed by atoms with Gasteiger partial charge in [0.2, 0.25) is 0 Å². The fourth-order valence-corrected chi connectivity index (χ4v) is 1.39. The van der Waals surface area contributed by atoms with E-state index in [0.717, 1.165) is 0 Å². The van der Waals surface area contributed by atoms with Crippen LogP contribution in [0.25, 0.3) is 0 Å². The van der Waals surface area contributed by atoms with Crippen molar-refractivity contribution in [2.45, 2.75) is 25.9 Å². The summed E-state index contributed by atoms with van der Waals surface area (Å²) in [4.78, 5) is 10.9. The van der Waals surface area contributed by atoms with Gasteiger partial charge < -0.3 is 15.2 Å². The smallest absolute Gasteiger partial charge is 0.320 e. The molecular formula is C10H17N3O3. The number of nitrogens with zero attached hydrogens (tertiary/aromatic N) is 2. The molecule has 2 N–H and O–H groups in total. The number of likely N-dealkylation sites (N-methyl/N-ethyl adjacent to an activating group) is 1. The summed E-state index contributed by atoms with van der Waals surface area (Å²) in [6.45, 7) is 3.07. The molecule has 1 rings (SSSR count). The lowest BCUT2D eigenvalue weighted by Gasteiger charge is -2.12. The third-order valence-corrected chi connectivity index (χ3v) is 2.24. The highest BCUT2D eigenvalue weighted by Crippen LogP contribution is 2.07. The van der Waals surface area contributed by atoms with Gasteiger partial charge in [-0.05, 0) is 13.0 Å². The van der Waals surface area contributed by atoms with E-state index >= 15 is 0 Å². The maximum atomic E-state index is 10.9. The van der Waals surface area contributed by atoms with Crippen molar-refractivity contribution >= 4 is 5.97 Å². The molecule has 0 aliphatic heterocycles. The van der Waals surface area contributed by atoms with Crippen LogP contribution in [-0.4, -0.2) is 40.6 Å². The highest BCUT2D eigenvalue weighted by Gasteiger charge is 2.15. The van der Waals surface area contributed by atoms with Gasteiger partial charge in [-0.1, -0.05) is 6.92 Å². The molecule has 90 valence electrons. The Morgan fingerprint density at radius 3 is 3.00 bits per heavy atom. The minimum atomic E-state index is -0.832. The summed E-state index contributed by atoms with van der Waals surface area (Å²) in [5.74, 6) is -0.156. The van der Waals surface area contributed by atoms with Crippen molar-refractivity contribution in [2.75, 3.05) is 13.7 Å². The van der Waals surface area contributed by atoms with E-state index in [2.05, 4.69) is 10.4 Å². The van der Waals surface area contributed by atoms with E-state index in [1.165, 1.54) is 0 Å². The van der Waals surface area contributed by atoms with Crippen molar-refractivity contribution in [2.24, 2.45) is 0 Å². The van der Waals surface area contributed by atoms with Crippen molar-refractivity contribution in [1.29, 1.82) is 0 Å². The van der Waals surface area contributed by atoms with Gasteiger partial charge in [0.15, 0.2) is 5.75 Å². The quantitative estimate of drug-likeness (QED) is 0.702. The van der Waals surface area contributed by atoms with Crippen molar-refractivity contribution in [3.8, 4) is 5.75 Å². The molecule has 0 spiro atoms. The van der Waals surface area contributed by atoms with Crippen LogP contribution in [0.15, 0.2) is 12.4 Å². The number of ether oxygens (including phenoxy) is 1. The third kappa shape index (κ3) is 3.54. The van der Waals surface area contributed by atoms with Crippen LogP contribution in [0.1, 0.15) is 13.3 Å². The average Bonchev–Trinajstić information content (AvgIpc) is 2.71. The predicted octanol–water partition coefficient (Wildman–Crippen LogP) is 0.344. The Morgan fingerprint density at radius 2 is 2.50 bits per heavy atom. The van der Waals surface area contributed by atoms with Gasteiger partial charge in [0.25, 0.3) is 0 Å². The molecule has 1 atom stereocenters. The first-order chi connectivity index (χ1) is 7.67. The molecule has 1 aromatic rings. The summed E-state index contributed by atoms with van der Waals surface area (Å²) in [6, 6.07) is -0.528. The largest absolute Gasteiger partial charge is 0.493 e. The number of rotatable bonds is 7. The first kappa shape index (κ1) is 12.5. The standard InChI is InChI=1S/C10H17N3O3/c1-3-11-9(10(14)15)4-5-13-7-8(16-2)6-12-13/h6-7,9,11H,3-5H2,1-2H3,(H,14,15). The topological polar surface area (TPSA) is 76.4 Å². The van der Waals surface area contributed by atoms with Crippen LogP contribution >= 0.6 is 0 Å². The van der Waals surface area contributed by atoms with Gasteiger partial charge in [-0.15, -0.1) is 0 Å². The number of carbonyl (C=O) groups is 1. The maximum absolute atomic E-state index is 10.9. The fourth-order valence-electron chi connectivity index (χ4n) is 1.39. The van der Waals surface area contributed by atoms with Gasteiger partial charge in [0.05, 0.1) is 19.5 Å². The Balaban J connectivity index is 2.45. The van der Waals surface area contributed by atoms with E-state index in [-0.39, 0.29) is 0 Å². The van der Waals surface area contributed by atoms with Crippen LogP contribution in [0, 0.1) is 0 Å². The number of nitrogens with one attached hydrogen (secondary N) is 1. The molecule has 0 radical (unpaired) electrons. The molecule has 0 saturated heterocycles. The second kappa shape index (κ2) is 6.12. The van der Waals surface area contributed by atoms with Gasteiger partial charge >= 0.3 is 5.97 Å². The lowest BCUT2D eigenvalue weighted by Crippen LogP contribution is -2.37. The molecule has 0 aromatic carbocycles. The number of methoxy groups -OCH3 is 1. The lowest BCUT2D eigenvalue weighted by molar-refractivity contribution is -0.139. The number of aromatic nitrogens is 2. The second-order valence-corrected chi connectivity index (χ2v) is 3.38. The third-order valence-electron chi connectivity index (χ3n) is 2.24. The first-order valence-electron chi connectivity index (χ1n) is 5.20. The summed E-state index contributed by atoms with van der Waals surface area (Å²) in [6.07, 6.45) is 3.84. The Hall–Kier alpha value is -1.56. The van der Waals surface area contributed by atoms with Crippen LogP contribution in [-0.2, 0) is 11.3 Å². The molecular weight excluding hydrogens is 210 g/mol. The van der Waals surface area contributed by atoms with E-state index in [0.29, 0.717) is 25.3 Å². The Labute approximate surface area is 94.2 Å². The molecule has 0 aliphatic rings. The van der Waals surface area contributed by atoms with E-state index in [1.807, 2.05) is 6.92 Å². The minimum Gasteiger partial charge on any atom is -0.493 e. The predicted molar refractivity (Wildman–Crippen MR) is 58.5 cm³/mol. The van der Waals surface area contributed by atoms with Gasteiger partial charge in [0, 0.05) is 6.54 Å². The molecule has 0 amide bonds. The van der Waals surface area contributed by atoms with E-state index < -0.39 is 12.0 Å². The van der Waals surface area contributed by atoms with Gasteiger partial charge in [0.1, 0.15) is 6.04 Å². The van der Waals surface area contributed by atoms with Crippen molar-refractivity contribution in [3.05, 3.63) is 12.4 Å². The van der Waals surface area contributed by atoms with E-state index in [9.17, 15) is 4.79 Å². The number of aliphatic carboxylic acids is 1. The summed E-state index contributed by atoms with van der Waals surface area (Å²) in [5, 5.41) is 15.9. The number of aryl methyl sites for hydroxylation is 1. The highest BCUT2D eigenvalue weighted by molar-refractivity contribution is 5.73. The zero-order valence-electron chi connectivity index (χ0n) is 9.51. The minimum absolute atomic E-state index is 0.494. The molecule has 0 fully saturated rings. The van der Waals surface area contributed by atoms with Gasteiger partial charge in [-0.25, -0.2) is 0 Å². The molecule has 0 aliphatic carbocycles. The van der Waals surface area contributed by atoms with Gasteiger partial charge in [-0.2, -0.15) is 5.10 Å². The van der Waals surface area contributed by atoms with Crippen LogP contribution in [0.4, 0.5) is 0 Å². The Kier molecular flexibility index (Phi) is 4.78. The number of carboxylic acid groups (broad SMARTS) is 1. The van der Waals surface area contributed by atoms with Crippen molar-refractivity contribution in [3.63, 3.8) is 0 Å². The summed E-state index contributed by atoms with van der Waals surface area (Å²) >= 11 is 0. The average molecular weight is 227 g/mol. The molecule has 16 heavy (non-hydrogen) atoms. The normalized spacial score (nSPS) is 12.4. The molecule has 1 aromatic heterocycles. The number of hydrogen-bond donors (Lipinski definition) is 2. The monoisotopic (exact) mass is 227 g/mol. The molecule has 0 saturated carbocycles. The van der Waals surface area contributed by atoms with E-state index in [4.69, 9.17) is 9.84 Å². The molecule has 0 bridgehead atoms. The summed E-state index contributed by atoms with van der Waals surface area (Å²) in [7, 11) is 1.57. The second-order valence-electron chi connectivity index (χ2n) is 3.38. The van der Waals surface area contributed by atoms with Crippen molar-refractivity contribution in [1.82, 2.24) is 15.1 Å². The maximum Gasteiger partial charge on any atom is 0.320 e. The van der Waals surface area contributed by atoms with Crippen molar-refractivity contribution < 1.29 is 14.6 Å². The van der Waals surface area contributed by atoms with Crippen LogP contribution in [0.3, 0.4) is 0 Å². The molecule has 1 unspecified atom stereocenters. The zero-order chi connectivity index (χ0) is 12.0. The van der Waals surface area contributed by atoms with E-state index in [1.54, 1.807) is 24.2 Å². The number of carboxylic acids is 1. The first-order valence-corrected chi connectivity index (χ1v) is 5.20. The molecule has 6 nitrogen and oxygen atoms in total. The summed E-state index contributed by atoms with van der Waals surface area (Å²) in [5.41, 5.74) is 0. The Bertz CT molecular complexity index is 338. The molecule has 1 heterocycles. The Morgan fingerprint density at radius 1 is 1.75 bits per heavy atom. The van der Waals surface area contributed by atoms with Crippen LogP contribution < -0.4 is 10.1 Å². The van der Waals surface area contributed by atoms with Crippen LogP contribution in [0.5, 0.6) is 5.75 Å². The zero-order valence-corrected chi connectivity index (χ0v) is 9.51.